The third-order valence-corrected chi connectivity index (χ3v) is 2.34. The zero-order valence-electron chi connectivity index (χ0n) is 7.26. The first-order chi connectivity index (χ1) is 6.57. The molecular formula is C9H9BrFNO2. The van der Waals surface area contributed by atoms with E-state index in [0.717, 1.165) is 0 Å². The molecule has 0 bridgehead atoms. The highest BCUT2D eigenvalue weighted by Gasteiger charge is 2.18. The van der Waals surface area contributed by atoms with E-state index in [9.17, 15) is 14.3 Å². The van der Waals surface area contributed by atoms with Crippen molar-refractivity contribution in [3.8, 4) is 5.75 Å². The van der Waals surface area contributed by atoms with Gasteiger partial charge >= 0.3 is 0 Å². The summed E-state index contributed by atoms with van der Waals surface area (Å²) in [5.74, 6) is -1.60. The molecule has 1 rings (SSSR count). The molecule has 0 unspecified atom stereocenters. The molecule has 1 aromatic carbocycles. The van der Waals surface area contributed by atoms with E-state index in [1.54, 1.807) is 0 Å². The van der Waals surface area contributed by atoms with Crippen LogP contribution in [0.15, 0.2) is 16.6 Å². The summed E-state index contributed by atoms with van der Waals surface area (Å²) in [6, 6.07) is 2.60. The van der Waals surface area contributed by atoms with Crippen LogP contribution in [-0.2, 0) is 0 Å². The first-order valence-corrected chi connectivity index (χ1v) is 4.77. The number of nitrogens with two attached hydrogens (primary N) is 1. The second-order valence-corrected chi connectivity index (χ2v) is 3.57. The summed E-state index contributed by atoms with van der Waals surface area (Å²) in [5.41, 5.74) is 4.87. The van der Waals surface area contributed by atoms with E-state index in [1.165, 1.54) is 12.1 Å². The molecule has 3 N–H and O–H groups in total. The number of hydrogen-bond donors (Lipinski definition) is 2. The lowest BCUT2D eigenvalue weighted by Gasteiger charge is -2.05. The van der Waals surface area contributed by atoms with E-state index in [-0.39, 0.29) is 28.8 Å². The van der Waals surface area contributed by atoms with Crippen molar-refractivity contribution < 1.29 is 14.3 Å². The number of halogens is 2. The number of rotatable bonds is 3. The monoisotopic (exact) mass is 261 g/mol. The molecule has 0 aliphatic carbocycles. The van der Waals surface area contributed by atoms with Crippen molar-refractivity contribution in [1.82, 2.24) is 0 Å². The van der Waals surface area contributed by atoms with Gasteiger partial charge in [-0.05, 0) is 34.6 Å². The van der Waals surface area contributed by atoms with Gasteiger partial charge in [-0.3, -0.25) is 4.79 Å². The molecule has 0 saturated carbocycles. The molecular weight excluding hydrogens is 253 g/mol. The highest BCUT2D eigenvalue weighted by Crippen LogP contribution is 2.27. The summed E-state index contributed by atoms with van der Waals surface area (Å²) in [4.78, 5) is 11.3. The molecule has 0 spiro atoms. The molecule has 0 radical (unpaired) electrons. The van der Waals surface area contributed by atoms with Gasteiger partial charge in [-0.1, -0.05) is 0 Å². The van der Waals surface area contributed by atoms with Crippen molar-refractivity contribution >= 4 is 21.7 Å². The number of phenolic OH excluding ortho intramolecular Hbond substituents is 1. The van der Waals surface area contributed by atoms with Crippen molar-refractivity contribution in [3.05, 3.63) is 28.0 Å². The standard InChI is InChI=1S/C9H9BrFNO2/c10-5-1-2-6(13)8(9(5)11)7(14)3-4-12/h1-2,13H,3-4,12H2. The number of ketones is 1. The fourth-order valence-electron chi connectivity index (χ4n) is 1.06. The topological polar surface area (TPSA) is 63.3 Å². The largest absolute Gasteiger partial charge is 0.507 e. The minimum absolute atomic E-state index is 0.0148. The molecule has 0 aliphatic rings. The van der Waals surface area contributed by atoms with Gasteiger partial charge in [0, 0.05) is 6.42 Å². The van der Waals surface area contributed by atoms with Gasteiger partial charge in [-0.15, -0.1) is 0 Å². The van der Waals surface area contributed by atoms with Gasteiger partial charge in [0.05, 0.1) is 10.0 Å². The van der Waals surface area contributed by atoms with Crippen LogP contribution in [0.25, 0.3) is 0 Å². The van der Waals surface area contributed by atoms with Crippen LogP contribution < -0.4 is 5.73 Å². The van der Waals surface area contributed by atoms with E-state index >= 15 is 0 Å². The Hall–Kier alpha value is -0.940. The highest BCUT2D eigenvalue weighted by molar-refractivity contribution is 9.10. The van der Waals surface area contributed by atoms with Crippen LogP contribution in [0, 0.1) is 5.82 Å². The van der Waals surface area contributed by atoms with Crippen LogP contribution in [0.4, 0.5) is 4.39 Å². The third-order valence-electron chi connectivity index (χ3n) is 1.72. The molecule has 0 fully saturated rings. The fourth-order valence-corrected chi connectivity index (χ4v) is 1.39. The molecule has 0 saturated heterocycles. The maximum atomic E-state index is 13.4. The Balaban J connectivity index is 3.18. The van der Waals surface area contributed by atoms with E-state index in [2.05, 4.69) is 15.9 Å². The number of aromatic hydroxyl groups is 1. The minimum atomic E-state index is -0.747. The lowest BCUT2D eigenvalue weighted by Crippen LogP contribution is -2.10. The van der Waals surface area contributed by atoms with Crippen LogP contribution >= 0.6 is 15.9 Å². The number of benzene rings is 1. The van der Waals surface area contributed by atoms with Crippen LogP contribution in [0.1, 0.15) is 16.8 Å². The van der Waals surface area contributed by atoms with E-state index in [4.69, 9.17) is 5.73 Å². The normalized spacial score (nSPS) is 10.2. The van der Waals surface area contributed by atoms with E-state index in [0.29, 0.717) is 0 Å². The maximum absolute atomic E-state index is 13.4. The molecule has 0 amide bonds. The summed E-state index contributed by atoms with van der Waals surface area (Å²) >= 11 is 2.93. The predicted octanol–water partition coefficient (Wildman–Crippen LogP) is 1.83. The van der Waals surface area contributed by atoms with Crippen molar-refractivity contribution in [2.75, 3.05) is 6.54 Å². The Labute approximate surface area is 88.9 Å². The molecule has 0 atom stereocenters. The average Bonchev–Trinajstić information content (AvgIpc) is 2.13. The summed E-state index contributed by atoms with van der Waals surface area (Å²) in [7, 11) is 0. The van der Waals surface area contributed by atoms with E-state index in [1.807, 2.05) is 0 Å². The zero-order valence-corrected chi connectivity index (χ0v) is 8.84. The van der Waals surface area contributed by atoms with Crippen molar-refractivity contribution in [2.24, 2.45) is 5.73 Å². The summed E-state index contributed by atoms with van der Waals surface area (Å²) in [6.07, 6.45) is 0.0148. The zero-order chi connectivity index (χ0) is 10.7. The van der Waals surface area contributed by atoms with Gasteiger partial charge in [0.25, 0.3) is 0 Å². The lowest BCUT2D eigenvalue weighted by molar-refractivity contribution is 0.0978. The summed E-state index contributed by atoms with van der Waals surface area (Å²) in [5, 5.41) is 9.29. The first-order valence-electron chi connectivity index (χ1n) is 3.98. The SMILES string of the molecule is NCCC(=O)c1c(O)ccc(Br)c1F. The van der Waals surface area contributed by atoms with Crippen LogP contribution in [0.5, 0.6) is 5.75 Å². The van der Waals surface area contributed by atoms with Gasteiger partial charge in [0.2, 0.25) is 0 Å². The molecule has 0 aromatic heterocycles. The quantitative estimate of drug-likeness (QED) is 0.817. The fraction of sp³-hybridized carbons (Fsp3) is 0.222. The number of Topliss-reactive ketones (excluding diaryl/α,β-unsaturated/α-hetero) is 1. The molecule has 5 heteroatoms. The van der Waals surface area contributed by atoms with Crippen LogP contribution in [0.2, 0.25) is 0 Å². The predicted molar refractivity (Wildman–Crippen MR) is 53.8 cm³/mol. The van der Waals surface area contributed by atoms with Gasteiger partial charge in [-0.2, -0.15) is 0 Å². The highest BCUT2D eigenvalue weighted by atomic mass is 79.9. The Kier molecular flexibility index (Phi) is 3.60. The van der Waals surface area contributed by atoms with Crippen molar-refractivity contribution in [2.45, 2.75) is 6.42 Å². The molecule has 76 valence electrons. The van der Waals surface area contributed by atoms with Gasteiger partial charge in [0.15, 0.2) is 11.6 Å². The molecule has 0 heterocycles. The van der Waals surface area contributed by atoms with Crippen molar-refractivity contribution in [1.29, 1.82) is 0 Å². The van der Waals surface area contributed by atoms with Gasteiger partial charge < -0.3 is 10.8 Å². The molecule has 1 aromatic rings. The maximum Gasteiger partial charge on any atom is 0.170 e. The third kappa shape index (κ3) is 2.10. The Morgan fingerprint density at radius 1 is 1.57 bits per heavy atom. The Morgan fingerprint density at radius 2 is 2.21 bits per heavy atom. The minimum Gasteiger partial charge on any atom is -0.507 e. The molecule has 3 nitrogen and oxygen atoms in total. The average molecular weight is 262 g/mol. The lowest BCUT2D eigenvalue weighted by atomic mass is 10.1. The van der Waals surface area contributed by atoms with Crippen LogP contribution in [-0.4, -0.2) is 17.4 Å². The molecule has 0 aliphatic heterocycles. The van der Waals surface area contributed by atoms with Gasteiger partial charge in [0.1, 0.15) is 5.75 Å². The number of carbonyl (C=O) groups excluding carboxylic acids is 1. The Bertz CT molecular complexity index is 368. The second kappa shape index (κ2) is 4.52. The number of carbonyl (C=O) groups is 1. The first kappa shape index (κ1) is 11.1. The summed E-state index contributed by atoms with van der Waals surface area (Å²) < 4.78 is 13.5. The Morgan fingerprint density at radius 3 is 2.79 bits per heavy atom. The number of phenols is 1. The van der Waals surface area contributed by atoms with Crippen molar-refractivity contribution in [3.63, 3.8) is 0 Å². The van der Waals surface area contributed by atoms with Gasteiger partial charge in [-0.25, -0.2) is 4.39 Å². The second-order valence-electron chi connectivity index (χ2n) is 2.72. The van der Waals surface area contributed by atoms with E-state index < -0.39 is 11.6 Å². The summed E-state index contributed by atoms with van der Waals surface area (Å²) in [6.45, 7) is 0.129. The number of hydrogen-bond acceptors (Lipinski definition) is 3. The molecule has 14 heavy (non-hydrogen) atoms. The van der Waals surface area contributed by atoms with Crippen LogP contribution in [0.3, 0.4) is 0 Å². The smallest absolute Gasteiger partial charge is 0.170 e.